The third-order valence-electron chi connectivity index (χ3n) is 2.77. The van der Waals surface area contributed by atoms with E-state index in [9.17, 15) is 4.79 Å². The van der Waals surface area contributed by atoms with Crippen LogP contribution in [-0.4, -0.2) is 16.1 Å². The van der Waals surface area contributed by atoms with E-state index in [0.717, 1.165) is 17.0 Å². The normalized spacial score (nSPS) is 12.3. The molecular formula is C12H16N4OS. The van der Waals surface area contributed by atoms with Gasteiger partial charge < -0.3 is 11.1 Å². The molecule has 2 rings (SSSR count). The van der Waals surface area contributed by atoms with Crippen LogP contribution in [0.4, 0.5) is 5.69 Å². The predicted molar refractivity (Wildman–Crippen MR) is 72.6 cm³/mol. The second-order valence-corrected chi connectivity index (χ2v) is 5.01. The van der Waals surface area contributed by atoms with Crippen molar-refractivity contribution >= 4 is 22.9 Å². The molecule has 6 heteroatoms. The number of aromatic nitrogens is 2. The first kappa shape index (κ1) is 12.6. The van der Waals surface area contributed by atoms with E-state index in [4.69, 9.17) is 5.73 Å². The molecule has 1 amide bonds. The van der Waals surface area contributed by atoms with Gasteiger partial charge in [-0.3, -0.25) is 9.89 Å². The number of carbonyl (C=O) groups is 1. The molecule has 2 aromatic heterocycles. The molecular weight excluding hydrogens is 248 g/mol. The minimum atomic E-state index is -0.246. The second kappa shape index (κ2) is 5.22. The fourth-order valence-corrected chi connectivity index (χ4v) is 2.44. The first-order chi connectivity index (χ1) is 8.63. The number of hydrogen-bond acceptors (Lipinski definition) is 4. The van der Waals surface area contributed by atoms with Crippen molar-refractivity contribution in [2.75, 3.05) is 5.73 Å². The van der Waals surface area contributed by atoms with Crippen molar-refractivity contribution in [3.05, 3.63) is 33.8 Å². The molecule has 2 aromatic rings. The maximum Gasteiger partial charge on any atom is 0.274 e. The minimum Gasteiger partial charge on any atom is -0.395 e. The summed E-state index contributed by atoms with van der Waals surface area (Å²) in [6, 6.07) is 3.90. The molecule has 0 radical (unpaired) electrons. The lowest BCUT2D eigenvalue weighted by atomic mass is 10.2. The van der Waals surface area contributed by atoms with Crippen LogP contribution in [0.15, 0.2) is 17.5 Å². The number of nitrogens with one attached hydrogen (secondary N) is 2. The van der Waals surface area contributed by atoms with Crippen LogP contribution in [0.25, 0.3) is 0 Å². The van der Waals surface area contributed by atoms with Crippen LogP contribution >= 0.6 is 11.3 Å². The van der Waals surface area contributed by atoms with Crippen molar-refractivity contribution in [2.45, 2.75) is 26.3 Å². The largest absolute Gasteiger partial charge is 0.395 e. The molecule has 0 aromatic carbocycles. The van der Waals surface area contributed by atoms with Crippen LogP contribution in [0.5, 0.6) is 0 Å². The molecule has 0 spiro atoms. The van der Waals surface area contributed by atoms with Gasteiger partial charge in [-0.2, -0.15) is 5.10 Å². The number of H-pyrrole nitrogens is 1. The number of rotatable bonds is 4. The van der Waals surface area contributed by atoms with Gasteiger partial charge in [-0.05, 0) is 24.8 Å². The highest BCUT2D eigenvalue weighted by molar-refractivity contribution is 7.10. The Kier molecular flexibility index (Phi) is 3.66. The van der Waals surface area contributed by atoms with Gasteiger partial charge in [0.2, 0.25) is 0 Å². The smallest absolute Gasteiger partial charge is 0.274 e. The van der Waals surface area contributed by atoms with Crippen molar-refractivity contribution < 1.29 is 4.79 Å². The number of aromatic amines is 1. The molecule has 2 heterocycles. The van der Waals surface area contributed by atoms with Crippen LogP contribution in [0.3, 0.4) is 0 Å². The van der Waals surface area contributed by atoms with Crippen molar-refractivity contribution in [3.8, 4) is 0 Å². The maximum absolute atomic E-state index is 12.0. The lowest BCUT2D eigenvalue weighted by Crippen LogP contribution is -2.27. The number of nitrogen functional groups attached to an aromatic ring is 1. The molecule has 0 saturated heterocycles. The molecule has 0 saturated carbocycles. The molecule has 18 heavy (non-hydrogen) atoms. The molecule has 96 valence electrons. The molecule has 1 atom stereocenters. The summed E-state index contributed by atoms with van der Waals surface area (Å²) in [6.07, 6.45) is 0.729. The SMILES string of the molecule is CCc1[nH]nc(C(=O)NC(C)c2cccs2)c1N. The summed E-state index contributed by atoms with van der Waals surface area (Å²) >= 11 is 1.61. The molecule has 0 bridgehead atoms. The zero-order valence-corrected chi connectivity index (χ0v) is 11.2. The monoisotopic (exact) mass is 264 g/mol. The Morgan fingerprint density at radius 2 is 2.44 bits per heavy atom. The summed E-state index contributed by atoms with van der Waals surface area (Å²) in [6.45, 7) is 3.90. The standard InChI is InChI=1S/C12H16N4OS/c1-3-8-10(13)11(16-15-8)12(17)14-7(2)9-5-4-6-18-9/h4-7H,3,13H2,1-2H3,(H,14,17)(H,15,16). The lowest BCUT2D eigenvalue weighted by molar-refractivity contribution is 0.0936. The molecule has 4 N–H and O–H groups in total. The summed E-state index contributed by atoms with van der Waals surface area (Å²) in [7, 11) is 0. The summed E-state index contributed by atoms with van der Waals surface area (Å²) in [5.41, 5.74) is 7.36. The molecule has 0 aliphatic heterocycles. The van der Waals surface area contributed by atoms with Gasteiger partial charge in [-0.15, -0.1) is 11.3 Å². The summed E-state index contributed by atoms with van der Waals surface area (Å²) in [4.78, 5) is 13.1. The average Bonchev–Trinajstić information content (AvgIpc) is 2.97. The van der Waals surface area contributed by atoms with Crippen LogP contribution < -0.4 is 11.1 Å². The van der Waals surface area contributed by atoms with Crippen LogP contribution in [0.2, 0.25) is 0 Å². The summed E-state index contributed by atoms with van der Waals surface area (Å²) < 4.78 is 0. The van der Waals surface area contributed by atoms with Crippen LogP contribution in [-0.2, 0) is 6.42 Å². The number of carbonyl (C=O) groups excluding carboxylic acids is 1. The lowest BCUT2D eigenvalue weighted by Gasteiger charge is -2.11. The van der Waals surface area contributed by atoms with Gasteiger partial charge in [0.15, 0.2) is 5.69 Å². The van der Waals surface area contributed by atoms with Gasteiger partial charge in [0.25, 0.3) is 5.91 Å². The van der Waals surface area contributed by atoms with Gasteiger partial charge in [0.1, 0.15) is 0 Å². The average molecular weight is 264 g/mol. The summed E-state index contributed by atoms with van der Waals surface area (Å²) in [5.74, 6) is -0.246. The number of nitrogens with zero attached hydrogens (tertiary/aromatic N) is 1. The highest BCUT2D eigenvalue weighted by Gasteiger charge is 2.18. The molecule has 0 fully saturated rings. The zero-order valence-electron chi connectivity index (χ0n) is 10.4. The Labute approximate surface area is 109 Å². The third-order valence-corrected chi connectivity index (χ3v) is 3.82. The Hall–Kier alpha value is -1.82. The fraction of sp³-hybridized carbons (Fsp3) is 0.333. The first-order valence-corrected chi connectivity index (χ1v) is 6.68. The summed E-state index contributed by atoms with van der Waals surface area (Å²) in [5, 5.41) is 11.6. The van der Waals surface area contributed by atoms with E-state index in [1.165, 1.54) is 0 Å². The van der Waals surface area contributed by atoms with Crippen LogP contribution in [0, 0.1) is 0 Å². The number of aryl methyl sites for hydroxylation is 1. The molecule has 1 unspecified atom stereocenters. The number of amides is 1. The van der Waals surface area contributed by atoms with Crippen LogP contribution in [0.1, 0.15) is 40.9 Å². The van der Waals surface area contributed by atoms with E-state index in [-0.39, 0.29) is 17.6 Å². The topological polar surface area (TPSA) is 83.8 Å². The Balaban J connectivity index is 2.10. The zero-order chi connectivity index (χ0) is 13.1. The maximum atomic E-state index is 12.0. The van der Waals surface area contributed by atoms with E-state index in [2.05, 4.69) is 15.5 Å². The quantitative estimate of drug-likeness (QED) is 0.790. The molecule has 0 aliphatic carbocycles. The van der Waals surface area contributed by atoms with Gasteiger partial charge in [0.05, 0.1) is 17.4 Å². The highest BCUT2D eigenvalue weighted by Crippen LogP contribution is 2.20. The van der Waals surface area contributed by atoms with Gasteiger partial charge in [-0.25, -0.2) is 0 Å². The minimum absolute atomic E-state index is 0.0429. The number of nitrogens with two attached hydrogens (primary N) is 1. The van der Waals surface area contributed by atoms with E-state index in [1.54, 1.807) is 11.3 Å². The Morgan fingerprint density at radius 3 is 3.00 bits per heavy atom. The molecule has 0 aliphatic rings. The van der Waals surface area contributed by atoms with Crippen molar-refractivity contribution in [2.24, 2.45) is 0 Å². The second-order valence-electron chi connectivity index (χ2n) is 4.03. The van der Waals surface area contributed by atoms with E-state index < -0.39 is 0 Å². The number of anilines is 1. The van der Waals surface area contributed by atoms with E-state index in [0.29, 0.717) is 5.69 Å². The van der Waals surface area contributed by atoms with Gasteiger partial charge >= 0.3 is 0 Å². The Bertz CT molecular complexity index is 532. The highest BCUT2D eigenvalue weighted by atomic mass is 32.1. The van der Waals surface area contributed by atoms with Crippen molar-refractivity contribution in [3.63, 3.8) is 0 Å². The fourth-order valence-electron chi connectivity index (χ4n) is 1.70. The van der Waals surface area contributed by atoms with Crippen molar-refractivity contribution in [1.82, 2.24) is 15.5 Å². The molecule has 5 nitrogen and oxygen atoms in total. The number of thiophene rings is 1. The van der Waals surface area contributed by atoms with Gasteiger partial charge in [0, 0.05) is 4.88 Å². The van der Waals surface area contributed by atoms with E-state index >= 15 is 0 Å². The van der Waals surface area contributed by atoms with Crippen molar-refractivity contribution in [1.29, 1.82) is 0 Å². The third kappa shape index (κ3) is 2.38. The first-order valence-electron chi connectivity index (χ1n) is 5.80. The Morgan fingerprint density at radius 1 is 1.67 bits per heavy atom. The predicted octanol–water partition coefficient (Wildman–Crippen LogP) is 2.11. The number of hydrogen-bond donors (Lipinski definition) is 3. The van der Waals surface area contributed by atoms with Gasteiger partial charge in [-0.1, -0.05) is 13.0 Å². The van der Waals surface area contributed by atoms with E-state index in [1.807, 2.05) is 31.4 Å².